The summed E-state index contributed by atoms with van der Waals surface area (Å²) in [6.07, 6.45) is 2.65. The molecule has 1 N–H and O–H groups in total. The van der Waals surface area contributed by atoms with Gasteiger partial charge in [-0.05, 0) is 30.7 Å². The van der Waals surface area contributed by atoms with Crippen LogP contribution in [0, 0.1) is 5.82 Å². The molecule has 2 aromatic carbocycles. The molecule has 0 bridgehead atoms. The zero-order chi connectivity index (χ0) is 16.1. The molecule has 0 aliphatic carbocycles. The molecule has 3 aromatic rings. The van der Waals surface area contributed by atoms with Gasteiger partial charge < -0.3 is 5.32 Å². The van der Waals surface area contributed by atoms with Gasteiger partial charge in [0.05, 0.1) is 9.90 Å². The Bertz CT molecular complexity index is 753. The van der Waals surface area contributed by atoms with Crippen molar-refractivity contribution in [2.24, 2.45) is 0 Å². The lowest BCUT2D eigenvalue weighted by atomic mass is 10.1. The Morgan fingerprint density at radius 1 is 1.09 bits per heavy atom. The number of benzene rings is 2. The molecule has 2 nitrogen and oxygen atoms in total. The van der Waals surface area contributed by atoms with E-state index in [1.165, 1.54) is 23.0 Å². The van der Waals surface area contributed by atoms with Gasteiger partial charge in [0.1, 0.15) is 10.8 Å². The molecule has 0 aliphatic rings. The quantitative estimate of drug-likeness (QED) is 0.640. The Morgan fingerprint density at radius 3 is 2.70 bits per heavy atom. The van der Waals surface area contributed by atoms with Gasteiger partial charge in [0.2, 0.25) is 0 Å². The fraction of sp³-hybridized carbons (Fsp3) is 0.167. The second-order valence-corrected chi connectivity index (χ2v) is 6.65. The van der Waals surface area contributed by atoms with Crippen LogP contribution < -0.4 is 5.32 Å². The molecule has 118 valence electrons. The van der Waals surface area contributed by atoms with Gasteiger partial charge in [-0.15, -0.1) is 11.3 Å². The highest BCUT2D eigenvalue weighted by Gasteiger charge is 2.12. The largest absolute Gasteiger partial charge is 0.310 e. The second kappa shape index (κ2) is 7.68. The Kier molecular flexibility index (Phi) is 5.39. The lowest BCUT2D eigenvalue weighted by Gasteiger charge is -2.03. The van der Waals surface area contributed by atoms with E-state index in [1.54, 1.807) is 18.3 Å². The highest BCUT2D eigenvalue weighted by molar-refractivity contribution is 7.15. The van der Waals surface area contributed by atoms with Crippen LogP contribution in [0.1, 0.15) is 10.6 Å². The number of aromatic nitrogens is 1. The fourth-order valence-corrected chi connectivity index (χ4v) is 3.58. The van der Waals surface area contributed by atoms with Gasteiger partial charge in [0.15, 0.2) is 0 Å². The van der Waals surface area contributed by atoms with Gasteiger partial charge in [-0.1, -0.05) is 48.0 Å². The molecule has 0 radical (unpaired) electrons. The Hall–Kier alpha value is -1.75. The van der Waals surface area contributed by atoms with E-state index in [-0.39, 0.29) is 5.82 Å². The topological polar surface area (TPSA) is 24.9 Å². The van der Waals surface area contributed by atoms with E-state index in [2.05, 4.69) is 22.4 Å². The van der Waals surface area contributed by atoms with Gasteiger partial charge in [0.25, 0.3) is 0 Å². The summed E-state index contributed by atoms with van der Waals surface area (Å²) in [7, 11) is 0. The average Bonchev–Trinajstić information content (AvgIpc) is 3.01. The maximum Gasteiger partial charge on any atom is 0.133 e. The van der Waals surface area contributed by atoms with E-state index in [0.29, 0.717) is 17.1 Å². The maximum absolute atomic E-state index is 13.9. The summed E-state index contributed by atoms with van der Waals surface area (Å²) in [6, 6.07) is 15.0. The van der Waals surface area contributed by atoms with Crippen LogP contribution in [0.4, 0.5) is 4.39 Å². The van der Waals surface area contributed by atoms with E-state index >= 15 is 0 Å². The maximum atomic E-state index is 13.9. The van der Waals surface area contributed by atoms with Crippen LogP contribution in [0.3, 0.4) is 0 Å². The third-order valence-electron chi connectivity index (χ3n) is 3.47. The average molecular weight is 347 g/mol. The molecule has 0 spiro atoms. The number of halogens is 2. The van der Waals surface area contributed by atoms with Crippen molar-refractivity contribution in [1.29, 1.82) is 0 Å². The second-order valence-electron chi connectivity index (χ2n) is 5.13. The first-order valence-corrected chi connectivity index (χ1v) is 8.57. The van der Waals surface area contributed by atoms with Crippen LogP contribution in [-0.2, 0) is 13.0 Å². The Balaban J connectivity index is 1.58. The summed E-state index contributed by atoms with van der Waals surface area (Å²) in [6.45, 7) is 1.54. The number of hydrogen-bond donors (Lipinski definition) is 1. The summed E-state index contributed by atoms with van der Waals surface area (Å²) < 4.78 is 13.9. The minimum atomic E-state index is -0.315. The van der Waals surface area contributed by atoms with Crippen molar-refractivity contribution in [3.8, 4) is 10.4 Å². The minimum Gasteiger partial charge on any atom is -0.310 e. The van der Waals surface area contributed by atoms with Gasteiger partial charge >= 0.3 is 0 Å². The van der Waals surface area contributed by atoms with Crippen molar-refractivity contribution >= 4 is 22.9 Å². The van der Waals surface area contributed by atoms with Crippen LogP contribution in [0.15, 0.2) is 54.7 Å². The molecule has 0 saturated heterocycles. The first-order chi connectivity index (χ1) is 11.2. The predicted molar refractivity (Wildman–Crippen MR) is 94.4 cm³/mol. The van der Waals surface area contributed by atoms with Crippen LogP contribution >= 0.6 is 22.9 Å². The number of rotatable bonds is 6. The molecule has 0 fully saturated rings. The first kappa shape index (κ1) is 16.1. The summed E-state index contributed by atoms with van der Waals surface area (Å²) in [5.74, 6) is -0.315. The molecule has 5 heteroatoms. The smallest absolute Gasteiger partial charge is 0.133 e. The summed E-state index contributed by atoms with van der Waals surface area (Å²) in [4.78, 5) is 5.11. The fourth-order valence-electron chi connectivity index (χ4n) is 2.31. The van der Waals surface area contributed by atoms with Crippen LogP contribution in [0.2, 0.25) is 5.02 Å². The molecule has 0 saturated carbocycles. The van der Waals surface area contributed by atoms with Crippen molar-refractivity contribution in [3.05, 3.63) is 76.1 Å². The van der Waals surface area contributed by atoms with E-state index in [1.807, 2.05) is 18.2 Å². The third kappa shape index (κ3) is 4.16. The third-order valence-corrected chi connectivity index (χ3v) is 4.80. The van der Waals surface area contributed by atoms with Crippen molar-refractivity contribution in [2.45, 2.75) is 13.0 Å². The number of hydrogen-bond acceptors (Lipinski definition) is 3. The van der Waals surface area contributed by atoms with Gasteiger partial charge in [0, 0.05) is 18.3 Å². The van der Waals surface area contributed by atoms with Crippen LogP contribution in [0.25, 0.3) is 10.4 Å². The van der Waals surface area contributed by atoms with Crippen molar-refractivity contribution in [1.82, 2.24) is 10.3 Å². The first-order valence-electron chi connectivity index (χ1n) is 7.38. The van der Waals surface area contributed by atoms with E-state index in [0.717, 1.165) is 22.9 Å². The van der Waals surface area contributed by atoms with Crippen LogP contribution in [0.5, 0.6) is 0 Å². The van der Waals surface area contributed by atoms with Crippen molar-refractivity contribution in [3.63, 3.8) is 0 Å². The molecular weight excluding hydrogens is 331 g/mol. The van der Waals surface area contributed by atoms with Gasteiger partial charge in [-0.2, -0.15) is 0 Å². The lowest BCUT2D eigenvalue weighted by Crippen LogP contribution is -2.16. The SMILES string of the molecule is Fc1cccc(Cl)c1-c1cnc(CNCCc2ccccc2)s1. The molecule has 0 atom stereocenters. The Morgan fingerprint density at radius 2 is 1.91 bits per heavy atom. The standard InChI is InChI=1S/C18H16ClFN2S/c19-14-7-4-8-15(20)18(14)16-11-22-17(23-16)12-21-10-9-13-5-2-1-3-6-13/h1-8,11,21H,9-10,12H2. The lowest BCUT2D eigenvalue weighted by molar-refractivity contribution is 0.632. The molecule has 1 aromatic heterocycles. The molecule has 0 unspecified atom stereocenters. The normalized spacial score (nSPS) is 10.9. The molecular formula is C18H16ClFN2S. The molecule has 0 amide bonds. The summed E-state index contributed by atoms with van der Waals surface area (Å²) >= 11 is 7.55. The number of thiazole rings is 1. The van der Waals surface area contributed by atoms with E-state index in [9.17, 15) is 4.39 Å². The summed E-state index contributed by atoms with van der Waals surface area (Å²) in [5.41, 5.74) is 1.74. The van der Waals surface area contributed by atoms with E-state index in [4.69, 9.17) is 11.6 Å². The highest BCUT2D eigenvalue weighted by atomic mass is 35.5. The summed E-state index contributed by atoms with van der Waals surface area (Å²) in [5, 5.41) is 4.70. The highest BCUT2D eigenvalue weighted by Crippen LogP contribution is 2.34. The van der Waals surface area contributed by atoms with E-state index < -0.39 is 0 Å². The van der Waals surface area contributed by atoms with Gasteiger partial charge in [-0.3, -0.25) is 0 Å². The zero-order valence-corrected chi connectivity index (χ0v) is 14.0. The molecule has 23 heavy (non-hydrogen) atoms. The molecule has 3 rings (SSSR count). The van der Waals surface area contributed by atoms with Crippen molar-refractivity contribution in [2.75, 3.05) is 6.54 Å². The molecule has 0 aliphatic heterocycles. The monoisotopic (exact) mass is 346 g/mol. The Labute approximate surface area is 144 Å². The minimum absolute atomic E-state index is 0.315. The van der Waals surface area contributed by atoms with Crippen LogP contribution in [-0.4, -0.2) is 11.5 Å². The predicted octanol–water partition coefficient (Wildman–Crippen LogP) is 4.93. The zero-order valence-electron chi connectivity index (χ0n) is 12.4. The molecule has 1 heterocycles. The number of nitrogens with one attached hydrogen (secondary N) is 1. The van der Waals surface area contributed by atoms with Gasteiger partial charge in [-0.25, -0.2) is 9.37 Å². The number of nitrogens with zero attached hydrogens (tertiary/aromatic N) is 1. The van der Waals surface area contributed by atoms with Crippen molar-refractivity contribution < 1.29 is 4.39 Å².